The largest absolute Gasteiger partial charge is 0.493 e. The molecule has 1 atom stereocenters. The summed E-state index contributed by atoms with van der Waals surface area (Å²) in [5.74, 6) is 0.743. The molecule has 2 nitrogen and oxygen atoms in total. The highest BCUT2D eigenvalue weighted by Gasteiger charge is 2.20. The Kier molecular flexibility index (Phi) is 4.27. The van der Waals surface area contributed by atoms with Crippen LogP contribution in [-0.2, 0) is 6.42 Å². The van der Waals surface area contributed by atoms with E-state index in [0.29, 0.717) is 0 Å². The van der Waals surface area contributed by atoms with Crippen LogP contribution in [0.15, 0.2) is 40.9 Å². The van der Waals surface area contributed by atoms with Gasteiger partial charge in [0.25, 0.3) is 0 Å². The van der Waals surface area contributed by atoms with Crippen molar-refractivity contribution in [2.24, 2.45) is 0 Å². The molecule has 2 aromatic rings. The Morgan fingerprint density at radius 3 is 2.95 bits per heavy atom. The number of fused-ring (bicyclic) bond motifs is 1. The Morgan fingerprint density at radius 2 is 2.14 bits per heavy atom. The average Bonchev–Trinajstić information content (AvgIpc) is 2.95. The molecule has 1 unspecified atom stereocenters. The van der Waals surface area contributed by atoms with Gasteiger partial charge in [-0.2, -0.15) is 0 Å². The van der Waals surface area contributed by atoms with E-state index in [1.807, 2.05) is 6.07 Å². The number of halogens is 2. The van der Waals surface area contributed by atoms with Crippen LogP contribution in [0.5, 0.6) is 5.75 Å². The van der Waals surface area contributed by atoms with Crippen molar-refractivity contribution in [1.82, 2.24) is 5.32 Å². The van der Waals surface area contributed by atoms with Gasteiger partial charge >= 0.3 is 0 Å². The number of rotatable bonds is 4. The molecule has 0 spiro atoms. The normalized spacial score (nSPS) is 14.6. The molecule has 21 heavy (non-hydrogen) atoms. The molecule has 0 bridgehead atoms. The Balaban J connectivity index is 2.03. The third-order valence-corrected chi connectivity index (χ3v) is 4.45. The Bertz CT molecular complexity index is 659. The molecule has 0 aliphatic carbocycles. The molecule has 0 saturated carbocycles. The lowest BCUT2D eigenvalue weighted by Gasteiger charge is -2.21. The second kappa shape index (κ2) is 6.16. The third kappa shape index (κ3) is 2.97. The fourth-order valence-electron chi connectivity index (χ4n) is 2.73. The van der Waals surface area contributed by atoms with Crippen LogP contribution in [0.1, 0.15) is 29.7 Å². The molecular weight excluding hydrogens is 333 g/mol. The molecule has 1 heterocycles. The minimum Gasteiger partial charge on any atom is -0.493 e. The first-order valence-electron chi connectivity index (χ1n) is 7.13. The van der Waals surface area contributed by atoms with E-state index in [-0.39, 0.29) is 11.9 Å². The lowest BCUT2D eigenvalue weighted by molar-refractivity contribution is 0.357. The molecule has 1 aliphatic rings. The van der Waals surface area contributed by atoms with E-state index in [1.54, 1.807) is 12.1 Å². The lowest BCUT2D eigenvalue weighted by Crippen LogP contribution is -2.22. The average molecular weight is 350 g/mol. The molecule has 0 aromatic heterocycles. The molecule has 2 aromatic carbocycles. The predicted molar refractivity (Wildman–Crippen MR) is 85.3 cm³/mol. The van der Waals surface area contributed by atoms with Gasteiger partial charge in [0.15, 0.2) is 0 Å². The van der Waals surface area contributed by atoms with Crippen LogP contribution in [0, 0.1) is 5.82 Å². The van der Waals surface area contributed by atoms with E-state index in [9.17, 15) is 4.39 Å². The standard InChI is InChI=1S/C17H17BrFNO/c1-2-20-17(14-10-13(19)4-5-15(14)18)12-3-6-16-11(9-12)7-8-21-16/h3-6,9-10,17,20H,2,7-8H2,1H3. The minimum absolute atomic E-state index is 0.0361. The van der Waals surface area contributed by atoms with E-state index >= 15 is 0 Å². The molecule has 3 rings (SSSR count). The minimum atomic E-state index is -0.222. The zero-order chi connectivity index (χ0) is 14.8. The quantitative estimate of drug-likeness (QED) is 0.891. The fraction of sp³-hybridized carbons (Fsp3) is 0.294. The SMILES string of the molecule is CCNC(c1ccc2c(c1)CCO2)c1cc(F)ccc1Br. The second-order valence-corrected chi connectivity index (χ2v) is 5.98. The summed E-state index contributed by atoms with van der Waals surface area (Å²) in [5.41, 5.74) is 3.27. The van der Waals surface area contributed by atoms with Gasteiger partial charge in [0.2, 0.25) is 0 Å². The van der Waals surface area contributed by atoms with Crippen molar-refractivity contribution >= 4 is 15.9 Å². The van der Waals surface area contributed by atoms with Gasteiger partial charge in [-0.3, -0.25) is 0 Å². The van der Waals surface area contributed by atoms with Crippen LogP contribution < -0.4 is 10.1 Å². The molecule has 1 N–H and O–H groups in total. The van der Waals surface area contributed by atoms with Crippen molar-refractivity contribution in [2.75, 3.05) is 13.2 Å². The van der Waals surface area contributed by atoms with Crippen molar-refractivity contribution in [3.8, 4) is 5.75 Å². The summed E-state index contributed by atoms with van der Waals surface area (Å²) in [7, 11) is 0. The molecule has 0 fully saturated rings. The van der Waals surface area contributed by atoms with Gasteiger partial charge < -0.3 is 10.1 Å². The smallest absolute Gasteiger partial charge is 0.123 e. The Morgan fingerprint density at radius 1 is 1.29 bits per heavy atom. The first-order valence-corrected chi connectivity index (χ1v) is 7.92. The van der Waals surface area contributed by atoms with Gasteiger partial charge in [-0.1, -0.05) is 35.0 Å². The fourth-order valence-corrected chi connectivity index (χ4v) is 3.21. The molecule has 1 aliphatic heterocycles. The van der Waals surface area contributed by atoms with Crippen LogP contribution in [0.2, 0.25) is 0 Å². The molecule has 110 valence electrons. The predicted octanol–water partition coefficient (Wildman–Crippen LogP) is 4.22. The zero-order valence-electron chi connectivity index (χ0n) is 11.8. The van der Waals surface area contributed by atoms with Gasteiger partial charge in [0.1, 0.15) is 11.6 Å². The highest BCUT2D eigenvalue weighted by atomic mass is 79.9. The summed E-state index contributed by atoms with van der Waals surface area (Å²) in [6, 6.07) is 11.0. The van der Waals surface area contributed by atoms with Crippen molar-refractivity contribution in [3.63, 3.8) is 0 Å². The van der Waals surface area contributed by atoms with Gasteiger partial charge in [-0.15, -0.1) is 0 Å². The van der Waals surface area contributed by atoms with Gasteiger partial charge in [-0.05, 0) is 47.5 Å². The van der Waals surface area contributed by atoms with Gasteiger partial charge in [0, 0.05) is 10.9 Å². The van der Waals surface area contributed by atoms with E-state index in [2.05, 4.69) is 40.3 Å². The zero-order valence-corrected chi connectivity index (χ0v) is 13.4. The molecule has 0 saturated heterocycles. The Hall–Kier alpha value is -1.39. The van der Waals surface area contributed by atoms with Crippen LogP contribution in [0.4, 0.5) is 4.39 Å². The second-order valence-electron chi connectivity index (χ2n) is 5.12. The maximum Gasteiger partial charge on any atom is 0.123 e. The molecule has 0 radical (unpaired) electrons. The Labute approximate surface area is 132 Å². The van der Waals surface area contributed by atoms with Crippen molar-refractivity contribution < 1.29 is 9.13 Å². The van der Waals surface area contributed by atoms with E-state index in [0.717, 1.165) is 40.9 Å². The first kappa shape index (κ1) is 14.5. The summed E-state index contributed by atoms with van der Waals surface area (Å²) < 4.78 is 20.1. The van der Waals surface area contributed by atoms with Crippen LogP contribution in [0.25, 0.3) is 0 Å². The molecule has 0 amide bonds. The summed E-state index contributed by atoms with van der Waals surface area (Å²) in [6.07, 6.45) is 0.937. The van der Waals surface area contributed by atoms with Gasteiger partial charge in [0.05, 0.1) is 12.6 Å². The monoisotopic (exact) mass is 349 g/mol. The first-order chi connectivity index (χ1) is 10.2. The number of ether oxygens (including phenoxy) is 1. The summed E-state index contributed by atoms with van der Waals surface area (Å²) >= 11 is 3.53. The molecular formula is C17H17BrFNO. The lowest BCUT2D eigenvalue weighted by atomic mass is 9.96. The summed E-state index contributed by atoms with van der Waals surface area (Å²) in [4.78, 5) is 0. The maximum atomic E-state index is 13.6. The third-order valence-electron chi connectivity index (χ3n) is 3.72. The van der Waals surface area contributed by atoms with E-state index in [4.69, 9.17) is 4.74 Å². The topological polar surface area (TPSA) is 21.3 Å². The molecule has 4 heteroatoms. The number of benzene rings is 2. The number of nitrogens with one attached hydrogen (secondary N) is 1. The van der Waals surface area contributed by atoms with Crippen molar-refractivity contribution in [2.45, 2.75) is 19.4 Å². The summed E-state index contributed by atoms with van der Waals surface area (Å²) in [6.45, 7) is 3.60. The van der Waals surface area contributed by atoms with Crippen LogP contribution in [-0.4, -0.2) is 13.2 Å². The maximum absolute atomic E-state index is 13.6. The van der Waals surface area contributed by atoms with Crippen molar-refractivity contribution in [3.05, 3.63) is 63.4 Å². The number of hydrogen-bond acceptors (Lipinski definition) is 2. The summed E-state index contributed by atoms with van der Waals surface area (Å²) in [5, 5.41) is 3.44. The van der Waals surface area contributed by atoms with E-state index < -0.39 is 0 Å². The van der Waals surface area contributed by atoms with Crippen LogP contribution >= 0.6 is 15.9 Å². The van der Waals surface area contributed by atoms with Crippen molar-refractivity contribution in [1.29, 1.82) is 0 Å². The number of hydrogen-bond donors (Lipinski definition) is 1. The van der Waals surface area contributed by atoms with Crippen LogP contribution in [0.3, 0.4) is 0 Å². The highest BCUT2D eigenvalue weighted by molar-refractivity contribution is 9.10. The van der Waals surface area contributed by atoms with Gasteiger partial charge in [-0.25, -0.2) is 4.39 Å². The highest BCUT2D eigenvalue weighted by Crippen LogP contribution is 2.33. The van der Waals surface area contributed by atoms with E-state index in [1.165, 1.54) is 11.6 Å².